The third kappa shape index (κ3) is 5.79. The Balaban J connectivity index is 0.000000271. The summed E-state index contributed by atoms with van der Waals surface area (Å²) in [5, 5.41) is 9.95. The summed E-state index contributed by atoms with van der Waals surface area (Å²) >= 11 is 0. The molecule has 5 heteroatoms. The molecule has 0 aliphatic rings. The van der Waals surface area contributed by atoms with Crippen molar-refractivity contribution in [3.05, 3.63) is 47.5 Å². The van der Waals surface area contributed by atoms with Gasteiger partial charge in [-0.15, -0.1) is 0 Å². The minimum Gasteiger partial charge on any atom is -0.496 e. The third-order valence-electron chi connectivity index (χ3n) is 4.08. The normalized spacial score (nSPS) is 10.7. The Kier molecular flexibility index (Phi) is 8.44. The van der Waals surface area contributed by atoms with Crippen molar-refractivity contribution in [2.75, 3.05) is 28.4 Å². The molecule has 0 unspecified atom stereocenters. The van der Waals surface area contributed by atoms with Crippen molar-refractivity contribution >= 4 is 0 Å². The monoisotopic (exact) mass is 376 g/mol. The van der Waals surface area contributed by atoms with Gasteiger partial charge in [0.2, 0.25) is 0 Å². The molecule has 0 bridgehead atoms. The topological polar surface area (TPSA) is 57.2 Å². The van der Waals surface area contributed by atoms with Crippen LogP contribution in [-0.2, 0) is 5.60 Å². The molecule has 0 heterocycles. The second-order valence-corrected chi connectivity index (χ2v) is 6.83. The zero-order valence-corrected chi connectivity index (χ0v) is 17.6. The first-order chi connectivity index (χ1) is 12.7. The fourth-order valence-electron chi connectivity index (χ4n) is 2.90. The molecule has 150 valence electrons. The van der Waals surface area contributed by atoms with E-state index in [2.05, 4.69) is 13.8 Å². The van der Waals surface area contributed by atoms with Crippen LogP contribution in [0.5, 0.6) is 23.0 Å². The van der Waals surface area contributed by atoms with Gasteiger partial charge in [0.15, 0.2) is 0 Å². The largest absolute Gasteiger partial charge is 0.496 e. The van der Waals surface area contributed by atoms with Crippen LogP contribution in [0.3, 0.4) is 0 Å². The Morgan fingerprint density at radius 2 is 1.04 bits per heavy atom. The van der Waals surface area contributed by atoms with Gasteiger partial charge < -0.3 is 24.1 Å². The Morgan fingerprint density at radius 1 is 0.704 bits per heavy atom. The second-order valence-electron chi connectivity index (χ2n) is 6.83. The van der Waals surface area contributed by atoms with Gasteiger partial charge in [-0.3, -0.25) is 0 Å². The molecule has 0 saturated carbocycles. The number of methoxy groups -OCH3 is 4. The second kappa shape index (κ2) is 10.1. The summed E-state index contributed by atoms with van der Waals surface area (Å²) in [6.07, 6.45) is 0. The first kappa shape index (κ1) is 22.6. The van der Waals surface area contributed by atoms with Crippen LogP contribution < -0.4 is 18.9 Å². The van der Waals surface area contributed by atoms with Gasteiger partial charge in [0.1, 0.15) is 23.0 Å². The summed E-state index contributed by atoms with van der Waals surface area (Å²) in [6.45, 7) is 7.65. The molecule has 0 amide bonds. The van der Waals surface area contributed by atoms with E-state index in [0.717, 1.165) is 17.1 Å². The maximum Gasteiger partial charge on any atom is 0.128 e. The lowest BCUT2D eigenvalue weighted by Crippen LogP contribution is -2.18. The Morgan fingerprint density at radius 3 is 1.30 bits per heavy atom. The van der Waals surface area contributed by atoms with Gasteiger partial charge in [0.05, 0.1) is 39.6 Å². The predicted molar refractivity (Wildman–Crippen MR) is 108 cm³/mol. The smallest absolute Gasteiger partial charge is 0.128 e. The van der Waals surface area contributed by atoms with E-state index < -0.39 is 5.60 Å². The number of aliphatic hydroxyl groups is 1. The molecular formula is C22H32O5. The SMILES string of the molecule is COc1cccc(OC)c1C(C)(C)O.COc1cccc(OC)c1C(C)C. The molecule has 27 heavy (non-hydrogen) atoms. The Labute approximate surface area is 162 Å². The summed E-state index contributed by atoms with van der Waals surface area (Å²) in [5.41, 5.74) is 0.829. The highest BCUT2D eigenvalue weighted by Gasteiger charge is 2.25. The highest BCUT2D eigenvalue weighted by molar-refractivity contribution is 5.48. The van der Waals surface area contributed by atoms with E-state index in [0.29, 0.717) is 23.0 Å². The van der Waals surface area contributed by atoms with Crippen molar-refractivity contribution in [3.63, 3.8) is 0 Å². The highest BCUT2D eigenvalue weighted by Crippen LogP contribution is 2.37. The van der Waals surface area contributed by atoms with E-state index in [-0.39, 0.29) is 0 Å². The molecule has 2 aromatic rings. The molecule has 0 spiro atoms. The maximum atomic E-state index is 9.95. The molecule has 1 N–H and O–H groups in total. The number of benzene rings is 2. The van der Waals surface area contributed by atoms with E-state index in [4.69, 9.17) is 18.9 Å². The summed E-state index contributed by atoms with van der Waals surface area (Å²) in [4.78, 5) is 0. The van der Waals surface area contributed by atoms with Crippen molar-refractivity contribution < 1.29 is 24.1 Å². The van der Waals surface area contributed by atoms with Gasteiger partial charge >= 0.3 is 0 Å². The highest BCUT2D eigenvalue weighted by atomic mass is 16.5. The summed E-state index contributed by atoms with van der Waals surface area (Å²) in [6, 6.07) is 11.3. The van der Waals surface area contributed by atoms with E-state index in [9.17, 15) is 5.11 Å². The summed E-state index contributed by atoms with van der Waals surface area (Å²) < 4.78 is 20.9. The average Bonchev–Trinajstić information content (AvgIpc) is 2.65. The van der Waals surface area contributed by atoms with Gasteiger partial charge in [0.25, 0.3) is 0 Å². The molecule has 0 fully saturated rings. The van der Waals surface area contributed by atoms with Crippen LogP contribution in [0.4, 0.5) is 0 Å². The van der Waals surface area contributed by atoms with E-state index in [1.807, 2.05) is 24.3 Å². The van der Waals surface area contributed by atoms with Crippen LogP contribution in [0.1, 0.15) is 44.7 Å². The minimum atomic E-state index is -0.974. The van der Waals surface area contributed by atoms with Crippen LogP contribution >= 0.6 is 0 Å². The molecule has 0 atom stereocenters. The predicted octanol–water partition coefficient (Wildman–Crippen LogP) is 4.76. The van der Waals surface area contributed by atoms with Crippen molar-refractivity contribution in [1.82, 2.24) is 0 Å². The third-order valence-corrected chi connectivity index (χ3v) is 4.08. The van der Waals surface area contributed by atoms with Crippen LogP contribution in [-0.4, -0.2) is 33.5 Å². The first-order valence-corrected chi connectivity index (χ1v) is 8.85. The number of rotatable bonds is 6. The van der Waals surface area contributed by atoms with Crippen molar-refractivity contribution in [3.8, 4) is 23.0 Å². The summed E-state index contributed by atoms with van der Waals surface area (Å²) in [5.74, 6) is 3.48. The lowest BCUT2D eigenvalue weighted by Gasteiger charge is -2.23. The quantitative estimate of drug-likeness (QED) is 0.788. The molecule has 2 rings (SSSR count). The molecule has 2 aromatic carbocycles. The summed E-state index contributed by atoms with van der Waals surface area (Å²) in [7, 11) is 6.51. The molecule has 0 aliphatic heterocycles. The van der Waals surface area contributed by atoms with Crippen molar-refractivity contribution in [1.29, 1.82) is 0 Å². The molecule has 0 aromatic heterocycles. The van der Waals surface area contributed by atoms with Gasteiger partial charge in [0, 0.05) is 5.56 Å². The van der Waals surface area contributed by atoms with Crippen LogP contribution in [0.2, 0.25) is 0 Å². The minimum absolute atomic E-state index is 0.408. The van der Waals surface area contributed by atoms with Gasteiger partial charge in [-0.25, -0.2) is 0 Å². The zero-order valence-electron chi connectivity index (χ0n) is 17.6. The zero-order chi connectivity index (χ0) is 20.6. The van der Waals surface area contributed by atoms with Gasteiger partial charge in [-0.2, -0.15) is 0 Å². The van der Waals surface area contributed by atoms with Gasteiger partial charge in [-0.1, -0.05) is 26.0 Å². The van der Waals surface area contributed by atoms with E-state index >= 15 is 0 Å². The molecule has 0 radical (unpaired) electrons. The molecular weight excluding hydrogens is 344 g/mol. The molecule has 5 nitrogen and oxygen atoms in total. The first-order valence-electron chi connectivity index (χ1n) is 8.85. The van der Waals surface area contributed by atoms with E-state index in [1.54, 1.807) is 54.4 Å². The Bertz CT molecular complexity index is 673. The lowest BCUT2D eigenvalue weighted by atomic mass is 9.96. The fourth-order valence-corrected chi connectivity index (χ4v) is 2.90. The molecule has 0 aliphatic carbocycles. The van der Waals surface area contributed by atoms with E-state index in [1.165, 1.54) is 0 Å². The maximum absolute atomic E-state index is 9.95. The number of hydrogen-bond donors (Lipinski definition) is 1. The molecule has 0 saturated heterocycles. The van der Waals surface area contributed by atoms with Gasteiger partial charge in [-0.05, 0) is 44.0 Å². The fraction of sp³-hybridized carbons (Fsp3) is 0.455. The lowest BCUT2D eigenvalue weighted by molar-refractivity contribution is 0.0726. The van der Waals surface area contributed by atoms with Crippen molar-refractivity contribution in [2.24, 2.45) is 0 Å². The van der Waals surface area contributed by atoms with Crippen molar-refractivity contribution in [2.45, 2.75) is 39.2 Å². The number of hydrogen-bond acceptors (Lipinski definition) is 5. The average molecular weight is 376 g/mol. The van der Waals surface area contributed by atoms with Crippen LogP contribution in [0.25, 0.3) is 0 Å². The van der Waals surface area contributed by atoms with Crippen LogP contribution in [0, 0.1) is 0 Å². The van der Waals surface area contributed by atoms with Crippen LogP contribution in [0.15, 0.2) is 36.4 Å². The number of ether oxygens (including phenoxy) is 4. The standard InChI is InChI=1S/C11H16O3.C11H16O2/c1-11(2,12)10-8(13-3)6-5-7-9(10)14-4;1-8(2)11-9(12-3)6-5-7-10(11)13-4/h5-7,12H,1-4H3;5-8H,1-4H3. The Hall–Kier alpha value is -2.40.